The molecule has 3 nitrogen and oxygen atoms in total. The number of rotatable bonds is 2. The first kappa shape index (κ1) is 14.7. The molecule has 1 saturated carbocycles. The van der Waals surface area contributed by atoms with E-state index in [4.69, 9.17) is 4.74 Å². The van der Waals surface area contributed by atoms with Crippen molar-refractivity contribution in [1.82, 2.24) is 5.32 Å². The van der Waals surface area contributed by atoms with Crippen molar-refractivity contribution in [2.75, 3.05) is 25.1 Å². The normalized spacial score (nSPS) is 24.0. The van der Waals surface area contributed by atoms with Crippen molar-refractivity contribution in [3.8, 4) is 5.75 Å². The Morgan fingerprint density at radius 3 is 2.48 bits per heavy atom. The second-order valence-electron chi connectivity index (χ2n) is 7.38. The van der Waals surface area contributed by atoms with Gasteiger partial charge in [0.05, 0.1) is 12.8 Å². The highest BCUT2D eigenvalue weighted by Crippen LogP contribution is 2.38. The zero-order valence-corrected chi connectivity index (χ0v) is 13.6. The number of ether oxygens (including phenoxy) is 1. The van der Waals surface area contributed by atoms with Gasteiger partial charge in [0, 0.05) is 24.2 Å². The summed E-state index contributed by atoms with van der Waals surface area (Å²) in [6.45, 7) is 6.77. The topological polar surface area (TPSA) is 24.5 Å². The van der Waals surface area contributed by atoms with Gasteiger partial charge in [-0.05, 0) is 38.8 Å². The Bertz CT molecular complexity index is 492. The molecule has 1 spiro atoms. The SMILES string of the molecule is COc1ccccc1N1CC(C)(C)NC2(CCCCC2)C1. The van der Waals surface area contributed by atoms with Crippen LogP contribution < -0.4 is 15.0 Å². The third-order valence-corrected chi connectivity index (χ3v) is 4.92. The van der Waals surface area contributed by atoms with Crippen LogP contribution in [-0.4, -0.2) is 31.3 Å². The molecule has 21 heavy (non-hydrogen) atoms. The minimum Gasteiger partial charge on any atom is -0.495 e. The lowest BCUT2D eigenvalue weighted by Crippen LogP contribution is -2.69. The van der Waals surface area contributed by atoms with Gasteiger partial charge in [0.25, 0.3) is 0 Å². The Kier molecular flexibility index (Phi) is 3.87. The summed E-state index contributed by atoms with van der Waals surface area (Å²) >= 11 is 0. The highest BCUT2D eigenvalue weighted by molar-refractivity contribution is 5.59. The Hall–Kier alpha value is -1.22. The van der Waals surface area contributed by atoms with Crippen LogP contribution >= 0.6 is 0 Å². The maximum atomic E-state index is 5.58. The smallest absolute Gasteiger partial charge is 0.142 e. The number of piperazine rings is 1. The Labute approximate surface area is 128 Å². The van der Waals surface area contributed by atoms with E-state index in [0.29, 0.717) is 0 Å². The molecule has 1 N–H and O–H groups in total. The van der Waals surface area contributed by atoms with E-state index in [1.54, 1.807) is 7.11 Å². The summed E-state index contributed by atoms with van der Waals surface area (Å²) in [7, 11) is 1.77. The lowest BCUT2D eigenvalue weighted by molar-refractivity contribution is 0.146. The van der Waals surface area contributed by atoms with E-state index >= 15 is 0 Å². The Balaban J connectivity index is 1.91. The number of nitrogens with zero attached hydrogens (tertiary/aromatic N) is 1. The second-order valence-corrected chi connectivity index (χ2v) is 7.38. The summed E-state index contributed by atoms with van der Waals surface area (Å²) in [5.74, 6) is 0.987. The highest BCUT2D eigenvalue weighted by atomic mass is 16.5. The molecular formula is C18H28N2O. The predicted octanol–water partition coefficient (Wildman–Crippen LogP) is 3.59. The Morgan fingerprint density at radius 1 is 1.05 bits per heavy atom. The van der Waals surface area contributed by atoms with E-state index in [1.165, 1.54) is 37.8 Å². The van der Waals surface area contributed by atoms with Gasteiger partial charge < -0.3 is 15.0 Å². The summed E-state index contributed by atoms with van der Waals surface area (Å²) in [5, 5.41) is 3.96. The first-order valence-corrected chi connectivity index (χ1v) is 8.21. The van der Waals surface area contributed by atoms with Gasteiger partial charge in [-0.15, -0.1) is 0 Å². The number of benzene rings is 1. The van der Waals surface area contributed by atoms with Gasteiger partial charge in [0.2, 0.25) is 0 Å². The van der Waals surface area contributed by atoms with Gasteiger partial charge in [-0.3, -0.25) is 0 Å². The zero-order valence-electron chi connectivity index (χ0n) is 13.6. The summed E-state index contributed by atoms with van der Waals surface area (Å²) in [4.78, 5) is 2.53. The first-order chi connectivity index (χ1) is 10.0. The van der Waals surface area contributed by atoms with Crippen LogP contribution in [0.1, 0.15) is 46.0 Å². The van der Waals surface area contributed by atoms with Crippen LogP contribution in [0.5, 0.6) is 5.75 Å². The second kappa shape index (κ2) is 5.53. The molecule has 1 aliphatic heterocycles. The molecule has 1 aliphatic carbocycles. The van der Waals surface area contributed by atoms with Crippen LogP contribution in [-0.2, 0) is 0 Å². The number of methoxy groups -OCH3 is 1. The van der Waals surface area contributed by atoms with Gasteiger partial charge in [0.15, 0.2) is 0 Å². The summed E-state index contributed by atoms with van der Waals surface area (Å²) < 4.78 is 5.58. The lowest BCUT2D eigenvalue weighted by atomic mass is 9.77. The largest absolute Gasteiger partial charge is 0.495 e. The molecular weight excluding hydrogens is 260 g/mol. The van der Waals surface area contributed by atoms with Crippen molar-refractivity contribution in [2.24, 2.45) is 0 Å². The molecule has 0 amide bonds. The Morgan fingerprint density at radius 2 is 1.76 bits per heavy atom. The first-order valence-electron chi connectivity index (χ1n) is 8.21. The molecule has 0 radical (unpaired) electrons. The highest BCUT2D eigenvalue weighted by Gasteiger charge is 2.43. The minimum atomic E-state index is 0.135. The molecule has 0 atom stereocenters. The lowest BCUT2D eigenvalue weighted by Gasteiger charge is -2.53. The third-order valence-electron chi connectivity index (χ3n) is 4.92. The summed E-state index contributed by atoms with van der Waals surface area (Å²) in [6, 6.07) is 8.42. The molecule has 1 aromatic rings. The van der Waals surface area contributed by atoms with Gasteiger partial charge >= 0.3 is 0 Å². The molecule has 116 valence electrons. The van der Waals surface area contributed by atoms with E-state index in [2.05, 4.69) is 42.3 Å². The van der Waals surface area contributed by atoms with Gasteiger partial charge in [-0.2, -0.15) is 0 Å². The van der Waals surface area contributed by atoms with Crippen LogP contribution in [0.4, 0.5) is 5.69 Å². The van der Waals surface area contributed by atoms with Gasteiger partial charge in [-0.1, -0.05) is 31.4 Å². The minimum absolute atomic E-state index is 0.135. The van der Waals surface area contributed by atoms with Crippen LogP contribution in [0.2, 0.25) is 0 Å². The molecule has 2 fully saturated rings. The van der Waals surface area contributed by atoms with Crippen molar-refractivity contribution < 1.29 is 4.74 Å². The van der Waals surface area contributed by atoms with Gasteiger partial charge in [0.1, 0.15) is 5.75 Å². The summed E-state index contributed by atoms with van der Waals surface area (Å²) in [6.07, 6.45) is 6.67. The maximum Gasteiger partial charge on any atom is 0.142 e. The number of para-hydroxylation sites is 2. The van der Waals surface area contributed by atoms with Crippen molar-refractivity contribution in [1.29, 1.82) is 0 Å². The fraction of sp³-hybridized carbons (Fsp3) is 0.667. The van der Waals surface area contributed by atoms with Crippen LogP contribution in [0.25, 0.3) is 0 Å². The molecule has 0 unspecified atom stereocenters. The third kappa shape index (κ3) is 3.03. The maximum absolute atomic E-state index is 5.58. The summed E-state index contributed by atoms with van der Waals surface area (Å²) in [5.41, 5.74) is 1.65. The fourth-order valence-electron chi connectivity index (χ4n) is 4.27. The zero-order chi connectivity index (χ0) is 14.9. The van der Waals surface area contributed by atoms with Gasteiger partial charge in [-0.25, -0.2) is 0 Å². The average molecular weight is 288 g/mol. The quantitative estimate of drug-likeness (QED) is 0.900. The molecule has 3 rings (SSSR count). The average Bonchev–Trinajstić information content (AvgIpc) is 2.46. The fourth-order valence-corrected chi connectivity index (χ4v) is 4.27. The van der Waals surface area contributed by atoms with Crippen molar-refractivity contribution >= 4 is 5.69 Å². The predicted molar refractivity (Wildman–Crippen MR) is 88.2 cm³/mol. The standard InChI is InChI=1S/C18H28N2O/c1-17(2)13-20(15-9-5-6-10-16(15)21-3)14-18(19-17)11-7-4-8-12-18/h5-6,9-10,19H,4,7-8,11-14H2,1-3H3. The van der Waals surface area contributed by atoms with Crippen molar-refractivity contribution in [3.05, 3.63) is 24.3 Å². The van der Waals surface area contributed by atoms with Crippen molar-refractivity contribution in [2.45, 2.75) is 57.0 Å². The van der Waals surface area contributed by atoms with E-state index in [-0.39, 0.29) is 11.1 Å². The van der Waals surface area contributed by atoms with E-state index < -0.39 is 0 Å². The molecule has 1 heterocycles. The number of anilines is 1. The van der Waals surface area contributed by atoms with E-state index in [9.17, 15) is 0 Å². The molecule has 0 aromatic heterocycles. The monoisotopic (exact) mass is 288 g/mol. The van der Waals surface area contributed by atoms with E-state index in [1.807, 2.05) is 6.07 Å². The van der Waals surface area contributed by atoms with Crippen LogP contribution in [0, 0.1) is 0 Å². The van der Waals surface area contributed by atoms with Crippen LogP contribution in [0.15, 0.2) is 24.3 Å². The van der Waals surface area contributed by atoms with Crippen LogP contribution in [0.3, 0.4) is 0 Å². The molecule has 2 aliphatic rings. The molecule has 1 aromatic carbocycles. The number of nitrogens with one attached hydrogen (secondary N) is 1. The molecule has 1 saturated heterocycles. The number of hydrogen-bond acceptors (Lipinski definition) is 3. The molecule has 0 bridgehead atoms. The number of hydrogen-bond donors (Lipinski definition) is 1. The van der Waals surface area contributed by atoms with Crippen molar-refractivity contribution in [3.63, 3.8) is 0 Å². The van der Waals surface area contributed by atoms with E-state index in [0.717, 1.165) is 18.8 Å². The molecule has 3 heteroatoms.